The number of hydrogen-bond acceptors (Lipinski definition) is 5. The fraction of sp³-hybridized carbons (Fsp3) is 0.677. The zero-order valence-corrected chi connectivity index (χ0v) is 22.6. The van der Waals surface area contributed by atoms with E-state index in [4.69, 9.17) is 4.74 Å². The Labute approximate surface area is 219 Å². The van der Waals surface area contributed by atoms with Crippen molar-refractivity contribution in [3.8, 4) is 11.5 Å². The average molecular weight is 503 g/mol. The highest BCUT2D eigenvalue weighted by Gasteiger charge is 2.07. The summed E-state index contributed by atoms with van der Waals surface area (Å²) in [5.74, 6) is -1.74. The number of aromatic hydroxyl groups is 2. The van der Waals surface area contributed by atoms with Gasteiger partial charge in [0.25, 0.3) is 0 Å². The Balaban J connectivity index is 1.86. The molecule has 1 rings (SSSR count). The minimum atomic E-state index is -0.731. The molecule has 0 heterocycles. The molecule has 0 spiro atoms. The highest BCUT2D eigenvalue weighted by atomic mass is 16.6. The molecule has 1 aromatic carbocycles. The lowest BCUT2D eigenvalue weighted by Crippen LogP contribution is -2.09. The third-order valence-corrected chi connectivity index (χ3v) is 6.61. The second kappa shape index (κ2) is 21.9. The van der Waals surface area contributed by atoms with Gasteiger partial charge in [0.05, 0.1) is 0 Å². The van der Waals surface area contributed by atoms with Gasteiger partial charge in [-0.25, -0.2) is 4.79 Å². The second-order valence-corrected chi connectivity index (χ2v) is 9.99. The second-order valence-electron chi connectivity index (χ2n) is 9.99. The van der Waals surface area contributed by atoms with Gasteiger partial charge in [0, 0.05) is 12.5 Å². The molecule has 0 fully saturated rings. The minimum absolute atomic E-state index is 0.232. The maximum Gasteiger partial charge on any atom is 0.338 e. The molecule has 5 heteroatoms. The average Bonchev–Trinajstić information content (AvgIpc) is 2.86. The van der Waals surface area contributed by atoms with Crippen LogP contribution in [0.5, 0.6) is 11.5 Å². The molecule has 0 saturated heterocycles. The lowest BCUT2D eigenvalue weighted by Gasteiger charge is -2.04. The molecular formula is C31H50O5. The number of hydrogen-bond donors (Lipinski definition) is 2. The summed E-state index contributed by atoms with van der Waals surface area (Å²) in [6.45, 7) is 2.27. The molecular weight excluding hydrogens is 452 g/mol. The van der Waals surface area contributed by atoms with Gasteiger partial charge in [-0.15, -0.1) is 0 Å². The van der Waals surface area contributed by atoms with E-state index in [1.807, 2.05) is 0 Å². The van der Waals surface area contributed by atoms with Gasteiger partial charge in [-0.1, -0.05) is 129 Å². The summed E-state index contributed by atoms with van der Waals surface area (Å²) < 4.78 is 4.79. The normalized spacial score (nSPS) is 11.2. The van der Waals surface area contributed by atoms with Crippen LogP contribution in [0.15, 0.2) is 24.3 Å². The van der Waals surface area contributed by atoms with Crippen LogP contribution in [0.1, 0.15) is 141 Å². The Morgan fingerprint density at radius 1 is 0.667 bits per heavy atom. The molecule has 0 radical (unpaired) electrons. The Hall–Kier alpha value is -2.30. The molecule has 1 aromatic rings. The number of esters is 2. The fourth-order valence-corrected chi connectivity index (χ4v) is 4.35. The topological polar surface area (TPSA) is 83.8 Å². The van der Waals surface area contributed by atoms with E-state index in [-0.39, 0.29) is 17.9 Å². The van der Waals surface area contributed by atoms with Crippen LogP contribution in [0.4, 0.5) is 0 Å². The number of unbranched alkanes of at least 4 members (excludes halogenated alkanes) is 18. The maximum atomic E-state index is 11.8. The first-order chi connectivity index (χ1) is 17.5. The van der Waals surface area contributed by atoms with Crippen molar-refractivity contribution in [3.05, 3.63) is 29.8 Å². The Morgan fingerprint density at radius 2 is 1.11 bits per heavy atom. The van der Waals surface area contributed by atoms with Gasteiger partial charge in [-0.3, -0.25) is 4.79 Å². The van der Waals surface area contributed by atoms with Gasteiger partial charge in [0.1, 0.15) is 0 Å². The molecule has 0 saturated carbocycles. The molecule has 36 heavy (non-hydrogen) atoms. The van der Waals surface area contributed by atoms with E-state index >= 15 is 0 Å². The van der Waals surface area contributed by atoms with Gasteiger partial charge in [0.2, 0.25) is 0 Å². The predicted molar refractivity (Wildman–Crippen MR) is 148 cm³/mol. The first-order valence-electron chi connectivity index (χ1n) is 14.5. The van der Waals surface area contributed by atoms with Gasteiger partial charge >= 0.3 is 11.9 Å². The van der Waals surface area contributed by atoms with Crippen molar-refractivity contribution in [3.63, 3.8) is 0 Å². The Morgan fingerprint density at radius 3 is 1.56 bits per heavy atom. The zero-order valence-electron chi connectivity index (χ0n) is 22.6. The van der Waals surface area contributed by atoms with Crippen molar-refractivity contribution >= 4 is 18.0 Å². The van der Waals surface area contributed by atoms with Crippen LogP contribution in [0.2, 0.25) is 0 Å². The van der Waals surface area contributed by atoms with Gasteiger partial charge in [-0.05, 0) is 30.2 Å². The highest BCUT2D eigenvalue weighted by molar-refractivity contribution is 5.94. The van der Waals surface area contributed by atoms with Gasteiger partial charge in [-0.2, -0.15) is 0 Å². The van der Waals surface area contributed by atoms with E-state index < -0.39 is 11.9 Å². The number of carbonyl (C=O) groups excluding carboxylic acids is 2. The van der Waals surface area contributed by atoms with E-state index in [0.29, 0.717) is 5.56 Å². The van der Waals surface area contributed by atoms with Crippen LogP contribution >= 0.6 is 0 Å². The maximum absolute atomic E-state index is 11.8. The quantitative estimate of drug-likeness (QED) is 0.0543. The van der Waals surface area contributed by atoms with Crippen molar-refractivity contribution in [1.82, 2.24) is 0 Å². The number of rotatable bonds is 22. The largest absolute Gasteiger partial charge is 0.504 e. The fourth-order valence-electron chi connectivity index (χ4n) is 4.35. The molecule has 0 bridgehead atoms. The van der Waals surface area contributed by atoms with Crippen LogP contribution in [0.25, 0.3) is 6.08 Å². The summed E-state index contributed by atoms with van der Waals surface area (Å²) in [4.78, 5) is 23.5. The van der Waals surface area contributed by atoms with Crippen LogP contribution in [0.3, 0.4) is 0 Å². The summed E-state index contributed by atoms with van der Waals surface area (Å²) in [5, 5.41) is 18.7. The highest BCUT2D eigenvalue weighted by Crippen LogP contribution is 2.25. The molecule has 0 unspecified atom stereocenters. The minimum Gasteiger partial charge on any atom is -0.504 e. The summed E-state index contributed by atoms with van der Waals surface area (Å²) in [6, 6.07) is 4.18. The van der Waals surface area contributed by atoms with Crippen LogP contribution in [-0.4, -0.2) is 22.2 Å². The van der Waals surface area contributed by atoms with E-state index in [9.17, 15) is 19.8 Å². The molecule has 2 N–H and O–H groups in total. The molecule has 0 aliphatic rings. The lowest BCUT2D eigenvalue weighted by molar-refractivity contribution is -0.156. The number of ether oxygens (including phenoxy) is 1. The smallest absolute Gasteiger partial charge is 0.338 e. The molecule has 0 amide bonds. The van der Waals surface area contributed by atoms with Gasteiger partial charge < -0.3 is 14.9 Å². The van der Waals surface area contributed by atoms with Crippen molar-refractivity contribution in [2.75, 3.05) is 0 Å². The SMILES string of the molecule is CCCCCCCCCCCCCCCCCCCCCC(=O)OC(=O)/C=C/c1ccc(O)c(O)c1. The third-order valence-electron chi connectivity index (χ3n) is 6.61. The Bertz CT molecular complexity index is 740. The monoisotopic (exact) mass is 502 g/mol. The third kappa shape index (κ3) is 18.0. The van der Waals surface area contributed by atoms with Crippen LogP contribution in [0, 0.1) is 0 Å². The number of phenolic OH excluding ortho intramolecular Hbond substituents is 2. The van der Waals surface area contributed by atoms with Crippen molar-refractivity contribution in [1.29, 1.82) is 0 Å². The summed E-state index contributed by atoms with van der Waals surface area (Å²) in [5.41, 5.74) is 0.522. The van der Waals surface area contributed by atoms with Gasteiger partial charge in [0.15, 0.2) is 11.5 Å². The van der Waals surface area contributed by atoms with E-state index in [2.05, 4.69) is 6.92 Å². The molecule has 0 aliphatic heterocycles. The number of phenols is 2. The summed E-state index contributed by atoms with van der Waals surface area (Å²) in [7, 11) is 0. The zero-order chi connectivity index (χ0) is 26.3. The van der Waals surface area contributed by atoms with E-state index in [1.165, 1.54) is 121 Å². The molecule has 5 nitrogen and oxygen atoms in total. The molecule has 0 atom stereocenters. The Kier molecular flexibility index (Phi) is 19.3. The lowest BCUT2D eigenvalue weighted by atomic mass is 10.0. The standard InChI is InChI=1S/C31H50O5/c1-2-3-4-5-6-7-8-9-10-11-12-13-14-15-16-17-18-19-20-21-30(34)36-31(35)25-23-27-22-24-28(32)29(33)26-27/h22-26,32-33H,2-21H2,1H3/b25-23+. The number of benzene rings is 1. The number of carbonyl (C=O) groups is 2. The molecule has 204 valence electrons. The predicted octanol–water partition coefficient (Wildman–Crippen LogP) is 9.00. The molecule has 0 aliphatic carbocycles. The van der Waals surface area contributed by atoms with Crippen LogP contribution in [-0.2, 0) is 14.3 Å². The van der Waals surface area contributed by atoms with E-state index in [0.717, 1.165) is 25.3 Å². The van der Waals surface area contributed by atoms with Crippen molar-refractivity contribution < 1.29 is 24.5 Å². The first kappa shape index (κ1) is 31.7. The summed E-state index contributed by atoms with van der Waals surface area (Å²) in [6.07, 6.45) is 27.6. The van der Waals surface area contributed by atoms with E-state index in [1.54, 1.807) is 6.07 Å². The van der Waals surface area contributed by atoms with Crippen molar-refractivity contribution in [2.24, 2.45) is 0 Å². The van der Waals surface area contributed by atoms with Crippen LogP contribution < -0.4 is 0 Å². The summed E-state index contributed by atoms with van der Waals surface area (Å²) >= 11 is 0. The molecule has 0 aromatic heterocycles. The first-order valence-corrected chi connectivity index (χ1v) is 14.5. The van der Waals surface area contributed by atoms with Crippen molar-refractivity contribution in [2.45, 2.75) is 135 Å².